The number of likely N-dealkylation sites (tertiary alicyclic amines) is 2. The van der Waals surface area contributed by atoms with Crippen LogP contribution in [0.3, 0.4) is 0 Å². The summed E-state index contributed by atoms with van der Waals surface area (Å²) in [4.78, 5) is 21.4. The first-order chi connectivity index (χ1) is 11.8. The number of pyridine rings is 1. The minimum Gasteiger partial charge on any atom is -0.381 e. The number of carbonyl (C=O) groups is 1. The third-order valence-corrected chi connectivity index (χ3v) is 5.94. The van der Waals surface area contributed by atoms with Gasteiger partial charge < -0.3 is 9.64 Å². The zero-order valence-electron chi connectivity index (χ0n) is 14.3. The molecule has 4 heterocycles. The maximum atomic E-state index is 12.5. The summed E-state index contributed by atoms with van der Waals surface area (Å²) in [6, 6.07) is 4.98. The van der Waals surface area contributed by atoms with Crippen LogP contribution in [-0.4, -0.2) is 59.1 Å². The Hall–Kier alpha value is -1.46. The number of amides is 1. The van der Waals surface area contributed by atoms with E-state index in [2.05, 4.69) is 14.8 Å². The molecule has 5 nitrogen and oxygen atoms in total. The van der Waals surface area contributed by atoms with Crippen molar-refractivity contribution < 1.29 is 9.53 Å². The van der Waals surface area contributed by atoms with Crippen molar-refractivity contribution >= 4 is 5.91 Å². The highest BCUT2D eigenvalue weighted by atomic mass is 16.5. The molecular formula is C19H27N3O2. The number of fused-ring (bicyclic) bond motifs is 1. The molecule has 3 saturated heterocycles. The number of rotatable bonds is 4. The molecule has 24 heavy (non-hydrogen) atoms. The number of aromatic nitrogens is 1. The maximum Gasteiger partial charge on any atom is 0.223 e. The zero-order chi connectivity index (χ0) is 16.4. The Labute approximate surface area is 144 Å². The van der Waals surface area contributed by atoms with Gasteiger partial charge in [0, 0.05) is 63.7 Å². The van der Waals surface area contributed by atoms with Crippen molar-refractivity contribution in [2.24, 2.45) is 5.92 Å². The van der Waals surface area contributed by atoms with Crippen LogP contribution < -0.4 is 0 Å². The van der Waals surface area contributed by atoms with E-state index in [4.69, 9.17) is 4.74 Å². The van der Waals surface area contributed by atoms with Gasteiger partial charge in [0.05, 0.1) is 0 Å². The van der Waals surface area contributed by atoms with Gasteiger partial charge in [0.15, 0.2) is 0 Å². The van der Waals surface area contributed by atoms with Crippen LogP contribution in [0.5, 0.6) is 0 Å². The second kappa shape index (κ2) is 7.19. The van der Waals surface area contributed by atoms with Gasteiger partial charge in [-0.2, -0.15) is 0 Å². The second-order valence-corrected chi connectivity index (χ2v) is 7.39. The molecule has 1 amide bonds. The van der Waals surface area contributed by atoms with Crippen molar-refractivity contribution in [2.75, 3.05) is 26.3 Å². The molecule has 0 spiro atoms. The van der Waals surface area contributed by atoms with Gasteiger partial charge in [-0.1, -0.05) is 0 Å². The molecule has 2 atom stereocenters. The van der Waals surface area contributed by atoms with Gasteiger partial charge in [-0.05, 0) is 49.3 Å². The number of nitrogens with zero attached hydrogens (tertiary/aromatic N) is 3. The summed E-state index contributed by atoms with van der Waals surface area (Å²) in [5.41, 5.74) is 1.18. The Morgan fingerprint density at radius 3 is 2.67 bits per heavy atom. The van der Waals surface area contributed by atoms with E-state index in [0.29, 0.717) is 24.4 Å². The largest absolute Gasteiger partial charge is 0.381 e. The van der Waals surface area contributed by atoms with Gasteiger partial charge in [0.1, 0.15) is 0 Å². The fraction of sp³-hybridized carbons (Fsp3) is 0.684. The average Bonchev–Trinajstić information content (AvgIpc) is 3.02. The molecule has 130 valence electrons. The molecule has 0 N–H and O–H groups in total. The van der Waals surface area contributed by atoms with Crippen molar-refractivity contribution in [2.45, 2.75) is 50.7 Å². The molecule has 0 unspecified atom stereocenters. The van der Waals surface area contributed by atoms with Crippen molar-refractivity contribution in [1.29, 1.82) is 0 Å². The molecule has 0 aliphatic carbocycles. The van der Waals surface area contributed by atoms with Crippen LogP contribution in [0, 0.1) is 5.92 Å². The molecule has 3 aliphatic rings. The van der Waals surface area contributed by atoms with Crippen LogP contribution >= 0.6 is 0 Å². The smallest absolute Gasteiger partial charge is 0.223 e. The van der Waals surface area contributed by atoms with E-state index >= 15 is 0 Å². The normalized spacial score (nSPS) is 29.0. The van der Waals surface area contributed by atoms with Gasteiger partial charge in [0.2, 0.25) is 5.91 Å². The van der Waals surface area contributed by atoms with Crippen LogP contribution in [-0.2, 0) is 16.1 Å². The monoisotopic (exact) mass is 329 g/mol. The van der Waals surface area contributed by atoms with Gasteiger partial charge in [0.25, 0.3) is 0 Å². The van der Waals surface area contributed by atoms with Gasteiger partial charge in [-0.25, -0.2) is 0 Å². The van der Waals surface area contributed by atoms with E-state index in [1.807, 2.05) is 24.5 Å². The fourth-order valence-corrected chi connectivity index (χ4v) is 4.62. The Morgan fingerprint density at radius 2 is 1.88 bits per heavy atom. The minimum atomic E-state index is 0.320. The second-order valence-electron chi connectivity index (χ2n) is 7.39. The summed E-state index contributed by atoms with van der Waals surface area (Å²) in [6.07, 6.45) is 8.84. The Balaban J connectivity index is 1.42. The number of carbonyl (C=O) groups excluding carboxylic acids is 1. The summed E-state index contributed by atoms with van der Waals surface area (Å²) in [5.74, 6) is 1.09. The molecule has 5 heteroatoms. The third-order valence-electron chi connectivity index (χ3n) is 5.94. The van der Waals surface area contributed by atoms with E-state index in [-0.39, 0.29) is 0 Å². The van der Waals surface area contributed by atoms with Crippen molar-refractivity contribution in [1.82, 2.24) is 14.8 Å². The lowest BCUT2D eigenvalue weighted by Gasteiger charge is -2.41. The van der Waals surface area contributed by atoms with Gasteiger partial charge in [-0.15, -0.1) is 0 Å². The van der Waals surface area contributed by atoms with E-state index in [1.165, 1.54) is 24.9 Å². The SMILES string of the molecule is O=C1CC[C@@H]2[C@@H](CCN2CC2CCOCC2)N1Cc1ccncc1. The standard InChI is InChI=1S/C19H27N3O2/c23-19-2-1-17-18(22(19)14-15-3-8-20-9-4-15)5-10-21(17)13-16-6-11-24-12-7-16/h3-4,8-9,16-18H,1-2,5-7,10-14H2/t17-,18-/m1/s1. The fourth-order valence-electron chi connectivity index (χ4n) is 4.62. The van der Waals surface area contributed by atoms with Gasteiger partial charge >= 0.3 is 0 Å². The molecule has 0 aromatic carbocycles. The summed E-state index contributed by atoms with van der Waals surface area (Å²) in [5, 5.41) is 0. The van der Waals surface area contributed by atoms with E-state index in [0.717, 1.165) is 45.1 Å². The number of hydrogen-bond acceptors (Lipinski definition) is 4. The lowest BCUT2D eigenvalue weighted by atomic mass is 9.94. The first-order valence-corrected chi connectivity index (χ1v) is 9.31. The molecule has 0 bridgehead atoms. The average molecular weight is 329 g/mol. The summed E-state index contributed by atoms with van der Waals surface area (Å²) >= 11 is 0. The summed E-state index contributed by atoms with van der Waals surface area (Å²) in [6.45, 7) is 4.88. The topological polar surface area (TPSA) is 45.7 Å². The molecule has 0 radical (unpaired) electrons. The third kappa shape index (κ3) is 3.33. The number of ether oxygens (including phenoxy) is 1. The van der Waals surface area contributed by atoms with E-state index in [1.54, 1.807) is 0 Å². The van der Waals surface area contributed by atoms with Crippen molar-refractivity contribution in [3.63, 3.8) is 0 Å². The lowest BCUT2D eigenvalue weighted by molar-refractivity contribution is -0.138. The summed E-state index contributed by atoms with van der Waals surface area (Å²) in [7, 11) is 0. The van der Waals surface area contributed by atoms with Crippen LogP contribution in [0.2, 0.25) is 0 Å². The van der Waals surface area contributed by atoms with E-state index < -0.39 is 0 Å². The predicted molar refractivity (Wildman–Crippen MR) is 91.3 cm³/mol. The van der Waals surface area contributed by atoms with Crippen molar-refractivity contribution in [3.8, 4) is 0 Å². The lowest BCUT2D eigenvalue weighted by Crippen LogP contribution is -2.52. The first kappa shape index (κ1) is 16.0. The predicted octanol–water partition coefficient (Wildman–Crippen LogP) is 2.07. The van der Waals surface area contributed by atoms with Gasteiger partial charge in [-0.3, -0.25) is 14.7 Å². The van der Waals surface area contributed by atoms with Crippen LogP contribution in [0.15, 0.2) is 24.5 Å². The molecule has 0 saturated carbocycles. The molecule has 1 aromatic rings. The molecule has 4 rings (SSSR count). The number of piperidine rings is 1. The first-order valence-electron chi connectivity index (χ1n) is 9.31. The van der Waals surface area contributed by atoms with E-state index in [9.17, 15) is 4.79 Å². The van der Waals surface area contributed by atoms with Crippen LogP contribution in [0.4, 0.5) is 0 Å². The minimum absolute atomic E-state index is 0.320. The highest BCUT2D eigenvalue weighted by molar-refractivity contribution is 5.77. The molecular weight excluding hydrogens is 302 g/mol. The highest BCUT2D eigenvalue weighted by Gasteiger charge is 2.43. The molecule has 3 fully saturated rings. The Morgan fingerprint density at radius 1 is 1.08 bits per heavy atom. The van der Waals surface area contributed by atoms with Crippen LogP contribution in [0.25, 0.3) is 0 Å². The Bertz CT molecular complexity index is 559. The van der Waals surface area contributed by atoms with Crippen molar-refractivity contribution in [3.05, 3.63) is 30.1 Å². The maximum absolute atomic E-state index is 12.5. The quantitative estimate of drug-likeness (QED) is 0.848. The van der Waals surface area contributed by atoms with Crippen LogP contribution in [0.1, 0.15) is 37.7 Å². The molecule has 1 aromatic heterocycles. The highest BCUT2D eigenvalue weighted by Crippen LogP contribution is 2.33. The molecule has 3 aliphatic heterocycles. The zero-order valence-corrected chi connectivity index (χ0v) is 14.3. The number of hydrogen-bond donors (Lipinski definition) is 0. The Kier molecular flexibility index (Phi) is 4.81. The summed E-state index contributed by atoms with van der Waals surface area (Å²) < 4.78 is 5.49.